The summed E-state index contributed by atoms with van der Waals surface area (Å²) in [6, 6.07) is 4.89. The van der Waals surface area contributed by atoms with E-state index < -0.39 is 12.1 Å². The first-order chi connectivity index (χ1) is 10.8. The molecule has 1 heterocycles. The largest absolute Gasteiger partial charge is 0.449 e. The van der Waals surface area contributed by atoms with Crippen molar-refractivity contribution in [2.24, 2.45) is 0 Å². The van der Waals surface area contributed by atoms with E-state index in [1.807, 2.05) is 13.8 Å². The first-order valence-electron chi connectivity index (χ1n) is 7.38. The van der Waals surface area contributed by atoms with Crippen molar-refractivity contribution < 1.29 is 19.1 Å². The van der Waals surface area contributed by atoms with Gasteiger partial charge in [-0.2, -0.15) is 0 Å². The minimum atomic E-state index is -0.880. The lowest BCUT2D eigenvalue weighted by Crippen LogP contribution is -2.51. The summed E-state index contributed by atoms with van der Waals surface area (Å²) in [5.74, 6) is -0.849. The zero-order valence-electron chi connectivity index (χ0n) is 13.2. The Morgan fingerprint density at radius 2 is 1.96 bits per heavy atom. The third-order valence-corrected chi connectivity index (χ3v) is 4.33. The van der Waals surface area contributed by atoms with Crippen LogP contribution in [0.4, 0.5) is 0 Å². The van der Waals surface area contributed by atoms with Crippen molar-refractivity contribution in [2.45, 2.75) is 39.1 Å². The van der Waals surface area contributed by atoms with Gasteiger partial charge < -0.3 is 14.4 Å². The molecule has 0 bridgehead atoms. The minimum absolute atomic E-state index is 0.0369. The van der Waals surface area contributed by atoms with Crippen LogP contribution >= 0.6 is 27.5 Å². The number of carbonyl (C=O) groups is 2. The predicted octanol–water partition coefficient (Wildman–Crippen LogP) is 3.28. The normalized spacial score (nSPS) is 22.6. The van der Waals surface area contributed by atoms with Gasteiger partial charge in [-0.1, -0.05) is 27.5 Å². The highest BCUT2D eigenvalue weighted by molar-refractivity contribution is 9.10. The molecule has 0 N–H and O–H groups in total. The molecular weight excluding hydrogens is 386 g/mol. The fraction of sp³-hybridized carbons (Fsp3) is 0.500. The number of morpholine rings is 1. The van der Waals surface area contributed by atoms with Crippen molar-refractivity contribution in [3.8, 4) is 0 Å². The summed E-state index contributed by atoms with van der Waals surface area (Å²) in [6.45, 7) is 6.37. The maximum absolute atomic E-state index is 12.5. The number of esters is 1. The molecule has 23 heavy (non-hydrogen) atoms. The molecule has 1 aliphatic heterocycles. The molecule has 3 atom stereocenters. The van der Waals surface area contributed by atoms with Crippen LogP contribution in [-0.4, -0.2) is 48.2 Å². The van der Waals surface area contributed by atoms with Gasteiger partial charge in [0, 0.05) is 17.6 Å². The second-order valence-corrected chi connectivity index (χ2v) is 7.00. The Hall–Kier alpha value is -1.11. The van der Waals surface area contributed by atoms with E-state index in [1.54, 1.807) is 30.0 Å². The van der Waals surface area contributed by atoms with Crippen LogP contribution in [0.2, 0.25) is 5.02 Å². The molecule has 126 valence electrons. The van der Waals surface area contributed by atoms with Gasteiger partial charge in [-0.15, -0.1) is 0 Å². The predicted molar refractivity (Wildman–Crippen MR) is 90.6 cm³/mol. The van der Waals surface area contributed by atoms with Gasteiger partial charge in [0.25, 0.3) is 5.91 Å². The number of rotatable bonds is 3. The summed E-state index contributed by atoms with van der Waals surface area (Å²) in [6.07, 6.45) is -0.953. The maximum atomic E-state index is 12.5. The van der Waals surface area contributed by atoms with E-state index in [1.165, 1.54) is 0 Å². The number of hydrogen-bond donors (Lipinski definition) is 0. The SMILES string of the molecule is CC1CN(C(=O)C(C)OC(=O)c2cc(Br)ccc2Cl)CC(C)O1. The van der Waals surface area contributed by atoms with Gasteiger partial charge in [-0.3, -0.25) is 4.79 Å². The smallest absolute Gasteiger partial charge is 0.340 e. The Morgan fingerprint density at radius 3 is 2.57 bits per heavy atom. The average Bonchev–Trinajstić information content (AvgIpc) is 2.47. The first-order valence-corrected chi connectivity index (χ1v) is 8.55. The number of halogens is 2. The molecular formula is C16H19BrClNO4. The topological polar surface area (TPSA) is 55.8 Å². The van der Waals surface area contributed by atoms with Crippen LogP contribution in [0.15, 0.2) is 22.7 Å². The average molecular weight is 405 g/mol. The van der Waals surface area contributed by atoms with E-state index in [0.29, 0.717) is 17.6 Å². The Kier molecular flexibility index (Phi) is 6.06. The summed E-state index contributed by atoms with van der Waals surface area (Å²) >= 11 is 9.29. The zero-order chi connectivity index (χ0) is 17.1. The number of carbonyl (C=O) groups excluding carboxylic acids is 2. The molecule has 2 rings (SSSR count). The minimum Gasteiger partial charge on any atom is -0.449 e. The lowest BCUT2D eigenvalue weighted by Gasteiger charge is -2.36. The van der Waals surface area contributed by atoms with Gasteiger partial charge in [0.2, 0.25) is 0 Å². The fourth-order valence-electron chi connectivity index (χ4n) is 2.54. The van der Waals surface area contributed by atoms with Gasteiger partial charge >= 0.3 is 5.97 Å². The van der Waals surface area contributed by atoms with E-state index in [0.717, 1.165) is 0 Å². The van der Waals surface area contributed by atoms with Gasteiger partial charge in [-0.05, 0) is 39.0 Å². The molecule has 1 aromatic rings. The maximum Gasteiger partial charge on any atom is 0.340 e. The van der Waals surface area contributed by atoms with Gasteiger partial charge in [0.15, 0.2) is 6.10 Å². The third-order valence-electron chi connectivity index (χ3n) is 3.51. The van der Waals surface area contributed by atoms with Crippen LogP contribution in [0, 0.1) is 0 Å². The van der Waals surface area contributed by atoms with Crippen molar-refractivity contribution in [2.75, 3.05) is 13.1 Å². The molecule has 1 aliphatic rings. The summed E-state index contributed by atoms with van der Waals surface area (Å²) in [5.41, 5.74) is 0.226. The van der Waals surface area contributed by atoms with E-state index in [9.17, 15) is 9.59 Å². The summed E-state index contributed by atoms with van der Waals surface area (Å²) in [7, 11) is 0. The second kappa shape index (κ2) is 7.64. The number of benzene rings is 1. The lowest BCUT2D eigenvalue weighted by atomic mass is 10.2. The Labute approximate surface area is 149 Å². The first kappa shape index (κ1) is 18.2. The third kappa shape index (κ3) is 4.68. The molecule has 1 aromatic carbocycles. The zero-order valence-corrected chi connectivity index (χ0v) is 15.6. The van der Waals surface area contributed by atoms with Gasteiger partial charge in [0.1, 0.15) is 0 Å². The van der Waals surface area contributed by atoms with Crippen LogP contribution in [0.3, 0.4) is 0 Å². The highest BCUT2D eigenvalue weighted by Gasteiger charge is 2.30. The highest BCUT2D eigenvalue weighted by atomic mass is 79.9. The molecule has 1 fully saturated rings. The van der Waals surface area contributed by atoms with Crippen molar-refractivity contribution in [3.63, 3.8) is 0 Å². The Balaban J connectivity index is 2.03. The van der Waals surface area contributed by atoms with Crippen LogP contribution in [0.25, 0.3) is 0 Å². The molecule has 0 radical (unpaired) electrons. The number of amides is 1. The van der Waals surface area contributed by atoms with Crippen molar-refractivity contribution in [3.05, 3.63) is 33.3 Å². The van der Waals surface area contributed by atoms with E-state index in [2.05, 4.69) is 15.9 Å². The van der Waals surface area contributed by atoms with Gasteiger partial charge in [-0.25, -0.2) is 4.79 Å². The monoisotopic (exact) mass is 403 g/mol. The van der Waals surface area contributed by atoms with E-state index in [-0.39, 0.29) is 28.7 Å². The summed E-state index contributed by atoms with van der Waals surface area (Å²) < 4.78 is 11.6. The summed E-state index contributed by atoms with van der Waals surface area (Å²) in [5, 5.41) is 0.284. The number of ether oxygens (including phenoxy) is 2. The van der Waals surface area contributed by atoms with E-state index in [4.69, 9.17) is 21.1 Å². The molecule has 0 aromatic heterocycles. The van der Waals surface area contributed by atoms with E-state index >= 15 is 0 Å². The highest BCUT2D eigenvalue weighted by Crippen LogP contribution is 2.22. The molecule has 0 spiro atoms. The van der Waals surface area contributed by atoms with Crippen LogP contribution < -0.4 is 0 Å². The van der Waals surface area contributed by atoms with Crippen LogP contribution in [0.5, 0.6) is 0 Å². The number of nitrogens with zero attached hydrogens (tertiary/aromatic N) is 1. The molecule has 7 heteroatoms. The lowest BCUT2D eigenvalue weighted by molar-refractivity contribution is -0.151. The quantitative estimate of drug-likeness (QED) is 0.726. The van der Waals surface area contributed by atoms with Crippen LogP contribution in [-0.2, 0) is 14.3 Å². The molecule has 0 aliphatic carbocycles. The molecule has 1 amide bonds. The van der Waals surface area contributed by atoms with Crippen molar-refractivity contribution in [1.82, 2.24) is 4.90 Å². The molecule has 0 saturated carbocycles. The molecule has 1 saturated heterocycles. The summed E-state index contributed by atoms with van der Waals surface area (Å²) in [4.78, 5) is 26.3. The Morgan fingerprint density at radius 1 is 1.35 bits per heavy atom. The van der Waals surface area contributed by atoms with Crippen molar-refractivity contribution >= 4 is 39.4 Å². The molecule has 5 nitrogen and oxygen atoms in total. The van der Waals surface area contributed by atoms with Crippen molar-refractivity contribution in [1.29, 1.82) is 0 Å². The molecule has 3 unspecified atom stereocenters. The second-order valence-electron chi connectivity index (χ2n) is 5.67. The number of hydrogen-bond acceptors (Lipinski definition) is 4. The van der Waals surface area contributed by atoms with Gasteiger partial charge in [0.05, 0.1) is 22.8 Å². The standard InChI is InChI=1S/C16H19BrClNO4/c1-9-7-19(8-10(2)22-9)15(20)11(3)23-16(21)13-6-12(17)4-5-14(13)18/h4-6,9-11H,7-8H2,1-3H3. The van der Waals surface area contributed by atoms with Crippen LogP contribution in [0.1, 0.15) is 31.1 Å². The Bertz CT molecular complexity index is 600. The fourth-order valence-corrected chi connectivity index (χ4v) is 3.10.